The first-order chi connectivity index (χ1) is 33.7. The fraction of sp³-hybridized carbons (Fsp3) is 0.0882. The van der Waals surface area contributed by atoms with Gasteiger partial charge in [-0.3, -0.25) is 0 Å². The Morgan fingerprint density at radius 2 is 0.768 bits per heavy atom. The third-order valence-corrected chi connectivity index (χ3v) is 15.5. The molecular weight excluding hydrogens is 831 g/mol. The SMILES string of the molecule is CC1(C)c2ccccc2-c2ccc(-c3ccccc3N(c3ccc(-c4ccc5c(ccc6ccccc65)c4)cc3)c3ccc(-c4ccccc4-c4cccc5c4C(C)(C)c4ccccc4-5)cc3)cc21. The van der Waals surface area contributed by atoms with Gasteiger partial charge in [0.1, 0.15) is 0 Å². The Morgan fingerprint density at radius 1 is 0.275 bits per heavy atom. The van der Waals surface area contributed by atoms with E-state index in [9.17, 15) is 0 Å². The molecule has 0 spiro atoms. The van der Waals surface area contributed by atoms with Gasteiger partial charge in [0.05, 0.1) is 5.69 Å². The zero-order valence-corrected chi connectivity index (χ0v) is 39.5. The molecule has 0 atom stereocenters. The molecule has 0 fully saturated rings. The molecule has 0 unspecified atom stereocenters. The van der Waals surface area contributed by atoms with Crippen LogP contribution in [0.5, 0.6) is 0 Å². The normalized spacial score (nSPS) is 13.7. The number of hydrogen-bond donors (Lipinski definition) is 0. The van der Waals surface area contributed by atoms with Crippen molar-refractivity contribution in [3.8, 4) is 66.8 Å². The molecule has 2 aliphatic carbocycles. The van der Waals surface area contributed by atoms with E-state index in [0.717, 1.165) is 17.1 Å². The first-order valence-electron chi connectivity index (χ1n) is 24.3. The van der Waals surface area contributed by atoms with Gasteiger partial charge in [0.15, 0.2) is 0 Å². The molecule has 11 aromatic carbocycles. The molecule has 1 heteroatoms. The van der Waals surface area contributed by atoms with Crippen molar-refractivity contribution in [1.82, 2.24) is 0 Å². The van der Waals surface area contributed by atoms with Gasteiger partial charge in [0.2, 0.25) is 0 Å². The van der Waals surface area contributed by atoms with Crippen LogP contribution in [0.25, 0.3) is 88.3 Å². The van der Waals surface area contributed by atoms with Gasteiger partial charge >= 0.3 is 0 Å². The number of para-hydroxylation sites is 1. The molecule has 0 radical (unpaired) electrons. The number of benzene rings is 11. The van der Waals surface area contributed by atoms with Gasteiger partial charge in [0, 0.05) is 27.8 Å². The van der Waals surface area contributed by atoms with Crippen molar-refractivity contribution in [1.29, 1.82) is 0 Å². The van der Waals surface area contributed by atoms with Gasteiger partial charge < -0.3 is 4.90 Å². The summed E-state index contributed by atoms with van der Waals surface area (Å²) in [5.74, 6) is 0. The minimum Gasteiger partial charge on any atom is -0.310 e. The minimum absolute atomic E-state index is 0.103. The molecule has 69 heavy (non-hydrogen) atoms. The third-order valence-electron chi connectivity index (χ3n) is 15.5. The first-order valence-corrected chi connectivity index (χ1v) is 24.3. The van der Waals surface area contributed by atoms with Gasteiger partial charge in [-0.1, -0.05) is 222 Å². The lowest BCUT2D eigenvalue weighted by Crippen LogP contribution is -2.16. The number of fused-ring (bicyclic) bond motifs is 9. The monoisotopic (exact) mass is 881 g/mol. The lowest BCUT2D eigenvalue weighted by atomic mass is 9.78. The topological polar surface area (TPSA) is 3.24 Å². The molecule has 0 saturated heterocycles. The number of hydrogen-bond acceptors (Lipinski definition) is 1. The molecule has 0 N–H and O–H groups in total. The van der Waals surface area contributed by atoms with Gasteiger partial charge in [-0.25, -0.2) is 0 Å². The highest BCUT2D eigenvalue weighted by atomic mass is 15.1. The second kappa shape index (κ2) is 15.7. The molecule has 1 nitrogen and oxygen atoms in total. The van der Waals surface area contributed by atoms with E-state index in [-0.39, 0.29) is 10.8 Å². The zero-order valence-electron chi connectivity index (χ0n) is 39.5. The van der Waals surface area contributed by atoms with Gasteiger partial charge in [-0.05, 0) is 147 Å². The second-order valence-electron chi connectivity index (χ2n) is 20.0. The van der Waals surface area contributed by atoms with Crippen LogP contribution in [0.3, 0.4) is 0 Å². The molecule has 2 aliphatic rings. The fourth-order valence-corrected chi connectivity index (χ4v) is 12.0. The molecule has 13 rings (SSSR count). The molecule has 0 heterocycles. The third kappa shape index (κ3) is 6.45. The highest BCUT2D eigenvalue weighted by Crippen LogP contribution is 2.54. The van der Waals surface area contributed by atoms with E-state index in [1.54, 1.807) is 0 Å². The Kier molecular flexibility index (Phi) is 9.30. The molecule has 0 aromatic heterocycles. The summed E-state index contributed by atoms with van der Waals surface area (Å²) in [7, 11) is 0. The maximum Gasteiger partial charge on any atom is 0.0540 e. The highest BCUT2D eigenvalue weighted by Gasteiger charge is 2.38. The van der Waals surface area contributed by atoms with Crippen molar-refractivity contribution in [2.24, 2.45) is 0 Å². The van der Waals surface area contributed by atoms with Gasteiger partial charge in [0.25, 0.3) is 0 Å². The van der Waals surface area contributed by atoms with Crippen LogP contribution in [0.15, 0.2) is 237 Å². The predicted molar refractivity (Wildman–Crippen MR) is 293 cm³/mol. The average molecular weight is 882 g/mol. The van der Waals surface area contributed by atoms with Crippen molar-refractivity contribution >= 4 is 38.6 Å². The Hall–Kier alpha value is -8.26. The molecule has 0 saturated carbocycles. The Bertz CT molecular complexity index is 3830. The molecule has 11 aromatic rings. The van der Waals surface area contributed by atoms with E-state index in [1.807, 2.05) is 0 Å². The number of anilines is 3. The Labute approximate surface area is 405 Å². The van der Waals surface area contributed by atoms with Crippen molar-refractivity contribution in [3.63, 3.8) is 0 Å². The summed E-state index contributed by atoms with van der Waals surface area (Å²) in [5, 5.41) is 5.08. The van der Waals surface area contributed by atoms with Crippen molar-refractivity contribution in [2.45, 2.75) is 38.5 Å². The van der Waals surface area contributed by atoms with E-state index < -0.39 is 0 Å². The summed E-state index contributed by atoms with van der Waals surface area (Å²) in [6.45, 7) is 9.49. The summed E-state index contributed by atoms with van der Waals surface area (Å²) in [6, 6.07) is 88.1. The maximum atomic E-state index is 2.44. The average Bonchev–Trinajstić information content (AvgIpc) is 3.78. The van der Waals surface area contributed by atoms with Crippen LogP contribution in [-0.4, -0.2) is 0 Å². The van der Waals surface area contributed by atoms with E-state index in [0.29, 0.717) is 0 Å². The standard InChI is InChI=1S/C68H51N/c1-67(2)62-25-12-9-21-57(62)59-41-35-49(43-64(59)67)55-19-11-14-27-65(55)69(50-36-30-44(31-37-50)47-34-40-54-48(42-47)29-28-45-16-5-6-17-52(45)54)51-38-32-46(33-39-51)53-18-7-8-20-56(53)60-23-15-24-61-58-22-10-13-26-63(58)68(3,4)66(60)61/h5-43H,1-4H3. The lowest BCUT2D eigenvalue weighted by molar-refractivity contribution is 0.660. The summed E-state index contributed by atoms with van der Waals surface area (Å²) in [6.07, 6.45) is 0. The molecule has 0 aliphatic heterocycles. The Balaban J connectivity index is 0.923. The summed E-state index contributed by atoms with van der Waals surface area (Å²) >= 11 is 0. The van der Waals surface area contributed by atoms with Gasteiger partial charge in [-0.2, -0.15) is 0 Å². The van der Waals surface area contributed by atoms with Crippen molar-refractivity contribution < 1.29 is 0 Å². The van der Waals surface area contributed by atoms with Crippen molar-refractivity contribution in [3.05, 3.63) is 259 Å². The van der Waals surface area contributed by atoms with Crippen LogP contribution in [0.2, 0.25) is 0 Å². The minimum atomic E-state index is -0.120. The highest BCUT2D eigenvalue weighted by molar-refractivity contribution is 6.08. The van der Waals surface area contributed by atoms with Crippen molar-refractivity contribution in [2.75, 3.05) is 4.90 Å². The zero-order chi connectivity index (χ0) is 46.4. The Morgan fingerprint density at radius 3 is 1.51 bits per heavy atom. The lowest BCUT2D eigenvalue weighted by Gasteiger charge is -2.29. The van der Waals surface area contributed by atoms with Crippen LogP contribution in [-0.2, 0) is 10.8 Å². The van der Waals surface area contributed by atoms with Crippen LogP contribution in [0.1, 0.15) is 49.9 Å². The smallest absolute Gasteiger partial charge is 0.0540 e. The van der Waals surface area contributed by atoms with Gasteiger partial charge in [-0.15, -0.1) is 0 Å². The van der Waals surface area contributed by atoms with E-state index >= 15 is 0 Å². The van der Waals surface area contributed by atoms with E-state index in [2.05, 4.69) is 269 Å². The summed E-state index contributed by atoms with van der Waals surface area (Å²) in [4.78, 5) is 2.44. The van der Waals surface area contributed by atoms with E-state index in [1.165, 1.54) is 111 Å². The van der Waals surface area contributed by atoms with E-state index in [4.69, 9.17) is 0 Å². The first kappa shape index (κ1) is 41.0. The number of rotatable bonds is 7. The van der Waals surface area contributed by atoms with Crippen LogP contribution in [0.4, 0.5) is 17.1 Å². The fourth-order valence-electron chi connectivity index (χ4n) is 12.0. The van der Waals surface area contributed by atoms with Crippen LogP contribution >= 0.6 is 0 Å². The quantitative estimate of drug-likeness (QED) is 0.144. The largest absolute Gasteiger partial charge is 0.310 e. The van der Waals surface area contributed by atoms with Crippen LogP contribution in [0, 0.1) is 0 Å². The molecule has 0 bridgehead atoms. The summed E-state index contributed by atoms with van der Waals surface area (Å²) < 4.78 is 0. The molecular formula is C68H51N. The summed E-state index contributed by atoms with van der Waals surface area (Å²) in [5.41, 5.74) is 23.8. The maximum absolute atomic E-state index is 2.44. The predicted octanol–water partition coefficient (Wildman–Crippen LogP) is 18.7. The molecule has 0 amide bonds. The number of nitrogens with zero attached hydrogens (tertiary/aromatic N) is 1. The van der Waals surface area contributed by atoms with Crippen LogP contribution < -0.4 is 4.90 Å². The molecule has 328 valence electrons. The second-order valence-corrected chi connectivity index (χ2v) is 20.0.